The zero-order valence-electron chi connectivity index (χ0n) is 6.99. The number of nitrogens with zero attached hydrogens (tertiary/aromatic N) is 1. The second-order valence-corrected chi connectivity index (χ2v) is 3.08. The van der Waals surface area contributed by atoms with Gasteiger partial charge in [0.1, 0.15) is 0 Å². The standard InChI is InChI=1S/C11H8N2/c1-2-5-9-8(4-1)12-10-6-3-7-11(10)13-9/h1-7,12H. The molecule has 0 amide bonds. The summed E-state index contributed by atoms with van der Waals surface area (Å²) in [5, 5.41) is 0. The molecule has 0 fully saturated rings. The Hall–Kier alpha value is -1.83. The normalized spacial score (nSPS) is 11.1. The van der Waals surface area contributed by atoms with Crippen molar-refractivity contribution in [1.82, 2.24) is 9.97 Å². The Morgan fingerprint density at radius 3 is 2.85 bits per heavy atom. The fraction of sp³-hybridized carbons (Fsp3) is 0. The summed E-state index contributed by atoms with van der Waals surface area (Å²) in [5.74, 6) is 0. The van der Waals surface area contributed by atoms with Crippen molar-refractivity contribution in [3.63, 3.8) is 0 Å². The van der Waals surface area contributed by atoms with Crippen molar-refractivity contribution in [2.45, 2.75) is 0 Å². The zero-order chi connectivity index (χ0) is 8.67. The number of H-pyrrole nitrogens is 1. The summed E-state index contributed by atoms with van der Waals surface area (Å²) in [6.45, 7) is 0. The molecule has 3 rings (SSSR count). The molecular formula is C11H8N2. The lowest BCUT2D eigenvalue weighted by molar-refractivity contribution is 1.31. The van der Waals surface area contributed by atoms with Crippen molar-refractivity contribution in [1.29, 1.82) is 0 Å². The second-order valence-electron chi connectivity index (χ2n) is 3.08. The number of aromatic amines is 1. The lowest BCUT2D eigenvalue weighted by Crippen LogP contribution is -1.87. The van der Waals surface area contributed by atoms with Crippen LogP contribution in [0.25, 0.3) is 22.4 Å². The Morgan fingerprint density at radius 1 is 0.923 bits per heavy atom. The number of nitrogens with one attached hydrogen (secondary N) is 1. The van der Waals surface area contributed by atoms with E-state index in [1.807, 2.05) is 42.5 Å². The predicted molar refractivity (Wildman–Crippen MR) is 52.7 cm³/mol. The highest BCUT2D eigenvalue weighted by Gasteiger charge is 2.04. The van der Waals surface area contributed by atoms with Crippen molar-refractivity contribution in [3.8, 4) is 11.4 Å². The van der Waals surface area contributed by atoms with Crippen LogP contribution in [-0.2, 0) is 0 Å². The minimum Gasteiger partial charge on any atom is -0.352 e. The summed E-state index contributed by atoms with van der Waals surface area (Å²) in [7, 11) is 0. The molecular weight excluding hydrogens is 160 g/mol. The molecule has 0 spiro atoms. The molecule has 2 nitrogen and oxygen atoms in total. The minimum atomic E-state index is 1.02. The number of rotatable bonds is 0. The highest BCUT2D eigenvalue weighted by atomic mass is 14.8. The molecule has 13 heavy (non-hydrogen) atoms. The molecule has 0 saturated carbocycles. The van der Waals surface area contributed by atoms with E-state index in [1.54, 1.807) is 0 Å². The van der Waals surface area contributed by atoms with Gasteiger partial charge in [0.2, 0.25) is 0 Å². The summed E-state index contributed by atoms with van der Waals surface area (Å²) in [6.07, 6.45) is 0. The molecule has 1 aliphatic heterocycles. The smallest absolute Gasteiger partial charge is 0.0872 e. The van der Waals surface area contributed by atoms with E-state index in [9.17, 15) is 0 Å². The van der Waals surface area contributed by atoms with Gasteiger partial charge >= 0.3 is 0 Å². The Labute approximate surface area is 75.6 Å². The maximum absolute atomic E-state index is 4.51. The van der Waals surface area contributed by atoms with E-state index >= 15 is 0 Å². The number of fused-ring (bicyclic) bond motifs is 2. The minimum absolute atomic E-state index is 1.02. The summed E-state index contributed by atoms with van der Waals surface area (Å²) >= 11 is 0. The first-order valence-electron chi connectivity index (χ1n) is 4.27. The van der Waals surface area contributed by atoms with Gasteiger partial charge in [-0.25, -0.2) is 4.98 Å². The van der Waals surface area contributed by atoms with E-state index in [0.717, 1.165) is 22.4 Å². The van der Waals surface area contributed by atoms with Gasteiger partial charge in [-0.05, 0) is 24.3 Å². The summed E-state index contributed by atoms with van der Waals surface area (Å²) in [4.78, 5) is 7.83. The average Bonchev–Trinajstić information content (AvgIpc) is 2.61. The third-order valence-electron chi connectivity index (χ3n) is 2.21. The van der Waals surface area contributed by atoms with Crippen molar-refractivity contribution in [3.05, 3.63) is 42.5 Å². The number of benzene rings is 1. The zero-order valence-corrected chi connectivity index (χ0v) is 6.99. The SMILES string of the molecule is c1cc2nc3ccccc3[nH]c-2c1. The van der Waals surface area contributed by atoms with Crippen LogP contribution in [0.5, 0.6) is 0 Å². The Bertz CT molecular complexity index is 478. The molecule has 1 N–H and O–H groups in total. The topological polar surface area (TPSA) is 28.7 Å². The van der Waals surface area contributed by atoms with Gasteiger partial charge in [0.05, 0.1) is 22.4 Å². The molecule has 1 aromatic rings. The van der Waals surface area contributed by atoms with Gasteiger partial charge in [0.15, 0.2) is 0 Å². The van der Waals surface area contributed by atoms with Crippen LogP contribution in [-0.4, -0.2) is 9.97 Å². The fourth-order valence-electron chi connectivity index (χ4n) is 1.57. The van der Waals surface area contributed by atoms with E-state index in [4.69, 9.17) is 0 Å². The number of hydrogen-bond acceptors (Lipinski definition) is 1. The van der Waals surface area contributed by atoms with Crippen molar-refractivity contribution in [2.24, 2.45) is 0 Å². The molecule has 0 atom stereocenters. The highest BCUT2D eigenvalue weighted by molar-refractivity contribution is 5.79. The van der Waals surface area contributed by atoms with Gasteiger partial charge in [-0.15, -0.1) is 0 Å². The van der Waals surface area contributed by atoms with Gasteiger partial charge in [-0.2, -0.15) is 0 Å². The maximum atomic E-state index is 4.51. The van der Waals surface area contributed by atoms with Gasteiger partial charge in [-0.3, -0.25) is 0 Å². The predicted octanol–water partition coefficient (Wildman–Crippen LogP) is 2.67. The van der Waals surface area contributed by atoms with Crippen LogP contribution in [0.15, 0.2) is 42.5 Å². The first-order valence-corrected chi connectivity index (χ1v) is 4.27. The van der Waals surface area contributed by atoms with Crippen LogP contribution < -0.4 is 0 Å². The van der Waals surface area contributed by atoms with E-state index in [2.05, 4.69) is 9.97 Å². The summed E-state index contributed by atoms with van der Waals surface area (Å²) < 4.78 is 0. The number of para-hydroxylation sites is 2. The second kappa shape index (κ2) is 2.33. The van der Waals surface area contributed by atoms with E-state index < -0.39 is 0 Å². The van der Waals surface area contributed by atoms with Gasteiger partial charge in [0.25, 0.3) is 0 Å². The van der Waals surface area contributed by atoms with E-state index in [1.165, 1.54) is 0 Å². The van der Waals surface area contributed by atoms with Gasteiger partial charge in [0, 0.05) is 0 Å². The largest absolute Gasteiger partial charge is 0.352 e. The van der Waals surface area contributed by atoms with Crippen molar-refractivity contribution in [2.75, 3.05) is 0 Å². The highest BCUT2D eigenvalue weighted by Crippen LogP contribution is 2.21. The lowest BCUT2D eigenvalue weighted by Gasteiger charge is -2.02. The van der Waals surface area contributed by atoms with Crippen molar-refractivity contribution >= 4 is 11.0 Å². The molecule has 2 aliphatic rings. The molecule has 1 aromatic carbocycles. The molecule has 2 heteroatoms. The number of aromatic nitrogens is 2. The third kappa shape index (κ3) is 0.920. The monoisotopic (exact) mass is 168 g/mol. The Morgan fingerprint density at radius 2 is 1.85 bits per heavy atom. The lowest BCUT2D eigenvalue weighted by atomic mass is 10.2. The molecule has 0 radical (unpaired) electrons. The van der Waals surface area contributed by atoms with Crippen LogP contribution in [0.1, 0.15) is 0 Å². The molecule has 1 aliphatic carbocycles. The van der Waals surface area contributed by atoms with Crippen LogP contribution in [0.4, 0.5) is 0 Å². The van der Waals surface area contributed by atoms with E-state index in [0.29, 0.717) is 0 Å². The van der Waals surface area contributed by atoms with Crippen LogP contribution >= 0.6 is 0 Å². The van der Waals surface area contributed by atoms with Gasteiger partial charge in [-0.1, -0.05) is 18.2 Å². The fourth-order valence-corrected chi connectivity index (χ4v) is 1.57. The van der Waals surface area contributed by atoms with Crippen molar-refractivity contribution < 1.29 is 0 Å². The third-order valence-corrected chi connectivity index (χ3v) is 2.21. The van der Waals surface area contributed by atoms with Crippen LogP contribution in [0.2, 0.25) is 0 Å². The summed E-state index contributed by atoms with van der Waals surface area (Å²) in [5.41, 5.74) is 4.22. The first-order chi connectivity index (χ1) is 6.43. The molecule has 0 saturated heterocycles. The number of hydrogen-bond donors (Lipinski definition) is 1. The first kappa shape index (κ1) is 6.66. The molecule has 0 unspecified atom stereocenters. The Kier molecular flexibility index (Phi) is 1.19. The van der Waals surface area contributed by atoms with Crippen LogP contribution in [0.3, 0.4) is 0 Å². The quantitative estimate of drug-likeness (QED) is 0.549. The van der Waals surface area contributed by atoms with Crippen LogP contribution in [0, 0.1) is 0 Å². The van der Waals surface area contributed by atoms with Gasteiger partial charge < -0.3 is 4.98 Å². The average molecular weight is 168 g/mol. The molecule has 1 heterocycles. The van der Waals surface area contributed by atoms with E-state index in [-0.39, 0.29) is 0 Å². The Balaban J connectivity index is 2.52. The molecule has 0 bridgehead atoms. The summed E-state index contributed by atoms with van der Waals surface area (Å²) in [6, 6.07) is 14.1. The molecule has 62 valence electrons. The maximum Gasteiger partial charge on any atom is 0.0872 e. The molecule has 0 aromatic heterocycles.